The van der Waals surface area contributed by atoms with Crippen LogP contribution in [0.4, 0.5) is 0 Å². The van der Waals surface area contributed by atoms with Gasteiger partial charge in [0.05, 0.1) is 5.54 Å². The third kappa shape index (κ3) is 6.57. The van der Waals surface area contributed by atoms with Crippen LogP contribution in [0.5, 0.6) is 0 Å². The van der Waals surface area contributed by atoms with Crippen LogP contribution in [0.1, 0.15) is 52.4 Å². The van der Waals surface area contributed by atoms with Gasteiger partial charge in [0, 0.05) is 19.5 Å². The first-order valence-electron chi connectivity index (χ1n) is 7.23. The number of carbonyl (C=O) groups is 2. The van der Waals surface area contributed by atoms with Gasteiger partial charge in [0.2, 0.25) is 11.8 Å². The summed E-state index contributed by atoms with van der Waals surface area (Å²) in [4.78, 5) is 23.2. The third-order valence-electron chi connectivity index (χ3n) is 3.52. The summed E-state index contributed by atoms with van der Waals surface area (Å²) in [5.41, 5.74) is 4.78. The van der Waals surface area contributed by atoms with Gasteiger partial charge in [-0.3, -0.25) is 9.59 Å². The van der Waals surface area contributed by atoms with E-state index in [0.29, 0.717) is 25.4 Å². The summed E-state index contributed by atoms with van der Waals surface area (Å²) in [6, 6.07) is 0. The molecule has 2 amide bonds. The highest BCUT2D eigenvalue weighted by molar-refractivity contribution is 5.85. The Balaban J connectivity index is 2.08. The molecule has 5 nitrogen and oxygen atoms in total. The SMILES string of the molecule is CC(C)(N)C(=O)NCCNC(=O)CC1CCCCC1. The van der Waals surface area contributed by atoms with E-state index in [1.165, 1.54) is 32.1 Å². The molecule has 0 saturated heterocycles. The van der Waals surface area contributed by atoms with Crippen molar-refractivity contribution in [3.8, 4) is 0 Å². The van der Waals surface area contributed by atoms with Crippen LogP contribution in [0.15, 0.2) is 0 Å². The Kier molecular flexibility index (Phi) is 6.28. The molecule has 1 aliphatic carbocycles. The topological polar surface area (TPSA) is 84.2 Å². The lowest BCUT2D eigenvalue weighted by Gasteiger charge is -2.21. The van der Waals surface area contributed by atoms with Crippen molar-refractivity contribution >= 4 is 11.8 Å². The van der Waals surface area contributed by atoms with Gasteiger partial charge >= 0.3 is 0 Å². The quantitative estimate of drug-likeness (QED) is 0.627. The normalized spacial score (nSPS) is 17.0. The fraction of sp³-hybridized carbons (Fsp3) is 0.857. The van der Waals surface area contributed by atoms with Crippen molar-refractivity contribution in [2.24, 2.45) is 11.7 Å². The second-order valence-corrected chi connectivity index (χ2v) is 6.04. The van der Waals surface area contributed by atoms with Crippen molar-refractivity contribution in [1.29, 1.82) is 0 Å². The predicted molar refractivity (Wildman–Crippen MR) is 75.5 cm³/mol. The molecular weight excluding hydrogens is 242 g/mol. The van der Waals surface area contributed by atoms with E-state index in [9.17, 15) is 9.59 Å². The summed E-state index contributed by atoms with van der Waals surface area (Å²) in [7, 11) is 0. The van der Waals surface area contributed by atoms with Gasteiger partial charge in [-0.2, -0.15) is 0 Å². The van der Waals surface area contributed by atoms with Gasteiger partial charge in [0.15, 0.2) is 0 Å². The molecule has 0 bridgehead atoms. The molecule has 0 radical (unpaired) electrons. The van der Waals surface area contributed by atoms with Gasteiger partial charge in [0.1, 0.15) is 0 Å². The Labute approximate surface area is 115 Å². The van der Waals surface area contributed by atoms with E-state index in [4.69, 9.17) is 5.73 Å². The lowest BCUT2D eigenvalue weighted by Crippen LogP contribution is -2.50. The summed E-state index contributed by atoms with van der Waals surface area (Å²) in [6.45, 7) is 4.21. The van der Waals surface area contributed by atoms with E-state index >= 15 is 0 Å². The molecule has 5 heteroatoms. The average molecular weight is 269 g/mol. The monoisotopic (exact) mass is 269 g/mol. The molecule has 19 heavy (non-hydrogen) atoms. The Hall–Kier alpha value is -1.10. The average Bonchev–Trinajstić information content (AvgIpc) is 2.34. The predicted octanol–water partition coefficient (Wildman–Crippen LogP) is 0.926. The minimum absolute atomic E-state index is 0.0909. The van der Waals surface area contributed by atoms with E-state index in [1.54, 1.807) is 13.8 Å². The highest BCUT2D eigenvalue weighted by atomic mass is 16.2. The highest BCUT2D eigenvalue weighted by Gasteiger charge is 2.21. The molecule has 0 aliphatic heterocycles. The zero-order valence-electron chi connectivity index (χ0n) is 12.1. The van der Waals surface area contributed by atoms with E-state index in [-0.39, 0.29) is 11.8 Å². The molecule has 0 atom stereocenters. The van der Waals surface area contributed by atoms with Crippen molar-refractivity contribution in [3.05, 3.63) is 0 Å². The molecule has 0 spiro atoms. The van der Waals surface area contributed by atoms with Crippen molar-refractivity contribution in [3.63, 3.8) is 0 Å². The third-order valence-corrected chi connectivity index (χ3v) is 3.52. The second kappa shape index (κ2) is 7.48. The zero-order chi connectivity index (χ0) is 14.3. The lowest BCUT2D eigenvalue weighted by molar-refractivity contribution is -0.126. The maximum absolute atomic E-state index is 11.7. The van der Waals surface area contributed by atoms with Gasteiger partial charge < -0.3 is 16.4 Å². The maximum atomic E-state index is 11.7. The van der Waals surface area contributed by atoms with Crippen LogP contribution >= 0.6 is 0 Å². The fourth-order valence-electron chi connectivity index (χ4n) is 2.33. The molecule has 1 rings (SSSR count). The summed E-state index contributed by atoms with van der Waals surface area (Å²) >= 11 is 0. The standard InChI is InChI=1S/C14H27N3O2/c1-14(2,15)13(19)17-9-8-16-12(18)10-11-6-4-3-5-7-11/h11H,3-10,15H2,1-2H3,(H,16,18)(H,17,19). The Bertz CT molecular complexity index is 304. The molecule has 0 aromatic heterocycles. The van der Waals surface area contributed by atoms with Crippen LogP contribution < -0.4 is 16.4 Å². The summed E-state index contributed by atoms with van der Waals surface area (Å²) in [5, 5.41) is 5.55. The Morgan fingerprint density at radius 3 is 2.26 bits per heavy atom. The van der Waals surface area contributed by atoms with E-state index in [2.05, 4.69) is 10.6 Å². The number of nitrogens with one attached hydrogen (secondary N) is 2. The number of nitrogens with two attached hydrogens (primary N) is 1. The molecule has 0 unspecified atom stereocenters. The number of rotatable bonds is 6. The smallest absolute Gasteiger partial charge is 0.239 e. The maximum Gasteiger partial charge on any atom is 0.239 e. The first kappa shape index (κ1) is 16.0. The van der Waals surface area contributed by atoms with Crippen LogP contribution in [-0.2, 0) is 9.59 Å². The summed E-state index contributed by atoms with van der Waals surface area (Å²) < 4.78 is 0. The number of amides is 2. The van der Waals surface area contributed by atoms with Gasteiger partial charge in [-0.15, -0.1) is 0 Å². The van der Waals surface area contributed by atoms with Crippen LogP contribution in [0.2, 0.25) is 0 Å². The Morgan fingerprint density at radius 2 is 1.68 bits per heavy atom. The van der Waals surface area contributed by atoms with Crippen LogP contribution in [0.3, 0.4) is 0 Å². The molecule has 0 aromatic rings. The first-order chi connectivity index (χ1) is 8.89. The number of carbonyl (C=O) groups excluding carboxylic acids is 2. The zero-order valence-corrected chi connectivity index (χ0v) is 12.1. The fourth-order valence-corrected chi connectivity index (χ4v) is 2.33. The van der Waals surface area contributed by atoms with E-state index < -0.39 is 5.54 Å². The number of hydrogen-bond donors (Lipinski definition) is 3. The Morgan fingerprint density at radius 1 is 1.11 bits per heavy atom. The van der Waals surface area contributed by atoms with Crippen molar-refractivity contribution in [2.75, 3.05) is 13.1 Å². The van der Waals surface area contributed by atoms with Gasteiger partial charge in [-0.05, 0) is 32.6 Å². The van der Waals surface area contributed by atoms with Gasteiger partial charge in [-0.25, -0.2) is 0 Å². The molecule has 1 aliphatic rings. The van der Waals surface area contributed by atoms with Gasteiger partial charge in [0.25, 0.3) is 0 Å². The number of hydrogen-bond acceptors (Lipinski definition) is 3. The van der Waals surface area contributed by atoms with Crippen molar-refractivity contribution in [1.82, 2.24) is 10.6 Å². The van der Waals surface area contributed by atoms with E-state index in [1.807, 2.05) is 0 Å². The van der Waals surface area contributed by atoms with Crippen LogP contribution in [0, 0.1) is 5.92 Å². The van der Waals surface area contributed by atoms with E-state index in [0.717, 1.165) is 0 Å². The van der Waals surface area contributed by atoms with Crippen molar-refractivity contribution < 1.29 is 9.59 Å². The minimum atomic E-state index is -0.869. The lowest BCUT2D eigenvalue weighted by atomic mass is 9.87. The van der Waals surface area contributed by atoms with Crippen LogP contribution in [0.25, 0.3) is 0 Å². The summed E-state index contributed by atoms with van der Waals surface area (Å²) in [6.07, 6.45) is 6.77. The molecule has 110 valence electrons. The van der Waals surface area contributed by atoms with Crippen LogP contribution in [-0.4, -0.2) is 30.4 Å². The molecule has 1 fully saturated rings. The molecule has 0 heterocycles. The molecule has 4 N–H and O–H groups in total. The first-order valence-corrected chi connectivity index (χ1v) is 7.23. The minimum Gasteiger partial charge on any atom is -0.354 e. The molecular formula is C14H27N3O2. The largest absolute Gasteiger partial charge is 0.354 e. The molecule has 0 aromatic carbocycles. The van der Waals surface area contributed by atoms with Gasteiger partial charge in [-0.1, -0.05) is 19.3 Å². The second-order valence-electron chi connectivity index (χ2n) is 6.04. The summed E-state index contributed by atoms with van der Waals surface area (Å²) in [5.74, 6) is 0.438. The highest BCUT2D eigenvalue weighted by Crippen LogP contribution is 2.25. The molecule has 1 saturated carbocycles. The van der Waals surface area contributed by atoms with Crippen molar-refractivity contribution in [2.45, 2.75) is 57.9 Å².